The number of para-hydroxylation sites is 1. The van der Waals surface area contributed by atoms with Crippen LogP contribution in [0.4, 0.5) is 0 Å². The highest BCUT2D eigenvalue weighted by molar-refractivity contribution is 5.33. The summed E-state index contributed by atoms with van der Waals surface area (Å²) in [7, 11) is 0. The third-order valence-corrected chi connectivity index (χ3v) is 2.80. The zero-order valence-corrected chi connectivity index (χ0v) is 12.4. The van der Waals surface area contributed by atoms with E-state index in [0.717, 1.165) is 18.2 Å². The van der Waals surface area contributed by atoms with E-state index in [-0.39, 0.29) is 6.10 Å². The van der Waals surface area contributed by atoms with E-state index in [1.807, 2.05) is 12.1 Å². The van der Waals surface area contributed by atoms with Crippen molar-refractivity contribution in [2.75, 3.05) is 0 Å². The van der Waals surface area contributed by atoms with E-state index in [1.165, 1.54) is 12.0 Å². The van der Waals surface area contributed by atoms with E-state index < -0.39 is 0 Å². The Balaban J connectivity index is 2.55. The fraction of sp³-hybridized carbons (Fsp3) is 0.625. The van der Waals surface area contributed by atoms with Gasteiger partial charge in [0.15, 0.2) is 0 Å². The molecule has 0 aliphatic carbocycles. The Labute approximate surface area is 112 Å². The maximum atomic E-state index is 5.82. The van der Waals surface area contributed by atoms with E-state index >= 15 is 0 Å². The highest BCUT2D eigenvalue weighted by atomic mass is 16.5. The minimum Gasteiger partial charge on any atom is -0.491 e. The lowest BCUT2D eigenvalue weighted by Crippen LogP contribution is -2.27. The first-order valence-electron chi connectivity index (χ1n) is 6.97. The first-order valence-corrected chi connectivity index (χ1v) is 6.97. The molecule has 0 bridgehead atoms. The summed E-state index contributed by atoms with van der Waals surface area (Å²) in [5.41, 5.74) is 1.24. The van der Waals surface area contributed by atoms with E-state index in [4.69, 9.17) is 4.74 Å². The third kappa shape index (κ3) is 5.54. The van der Waals surface area contributed by atoms with Crippen molar-refractivity contribution in [2.45, 2.75) is 59.7 Å². The molecular weight excluding hydrogens is 222 g/mol. The van der Waals surface area contributed by atoms with Gasteiger partial charge in [0.25, 0.3) is 0 Å². The molecule has 0 amide bonds. The Morgan fingerprint density at radius 1 is 1.06 bits per heavy atom. The molecule has 0 saturated carbocycles. The van der Waals surface area contributed by atoms with Gasteiger partial charge >= 0.3 is 0 Å². The number of rotatable bonds is 7. The zero-order chi connectivity index (χ0) is 13.5. The Morgan fingerprint density at radius 3 is 2.33 bits per heavy atom. The number of nitrogens with one attached hydrogen (secondary N) is 1. The summed E-state index contributed by atoms with van der Waals surface area (Å²) in [5.74, 6) is 1.73. The van der Waals surface area contributed by atoms with Crippen LogP contribution in [0.1, 0.15) is 46.6 Å². The molecule has 102 valence electrons. The summed E-state index contributed by atoms with van der Waals surface area (Å²) in [4.78, 5) is 0. The largest absolute Gasteiger partial charge is 0.491 e. The zero-order valence-electron chi connectivity index (χ0n) is 12.4. The van der Waals surface area contributed by atoms with Crippen LogP contribution in [0.5, 0.6) is 5.75 Å². The van der Waals surface area contributed by atoms with Crippen molar-refractivity contribution in [1.82, 2.24) is 5.32 Å². The molecule has 0 aromatic heterocycles. The summed E-state index contributed by atoms with van der Waals surface area (Å²) in [5, 5.41) is 3.56. The molecule has 2 heteroatoms. The average molecular weight is 249 g/mol. The standard InChI is InChI=1S/C16H27NO/c1-12(2)10-14(5)17-11-15-8-6-7-9-16(15)18-13(3)4/h6-9,12-14,17H,10-11H2,1-5H3. The van der Waals surface area contributed by atoms with Crippen LogP contribution in [0.3, 0.4) is 0 Å². The van der Waals surface area contributed by atoms with Crippen LogP contribution < -0.4 is 10.1 Å². The van der Waals surface area contributed by atoms with Crippen molar-refractivity contribution in [3.8, 4) is 5.75 Å². The van der Waals surface area contributed by atoms with Crippen LogP contribution in [0.25, 0.3) is 0 Å². The number of ether oxygens (including phenoxy) is 1. The molecule has 2 nitrogen and oxygen atoms in total. The summed E-state index contributed by atoms with van der Waals surface area (Å²) in [6.07, 6.45) is 1.42. The van der Waals surface area contributed by atoms with Crippen LogP contribution in [-0.2, 0) is 6.54 Å². The maximum Gasteiger partial charge on any atom is 0.124 e. The minimum absolute atomic E-state index is 0.222. The molecule has 0 spiro atoms. The lowest BCUT2D eigenvalue weighted by molar-refractivity contribution is 0.239. The lowest BCUT2D eigenvalue weighted by atomic mass is 10.0. The van der Waals surface area contributed by atoms with Crippen molar-refractivity contribution in [1.29, 1.82) is 0 Å². The average Bonchev–Trinajstić information content (AvgIpc) is 2.26. The first kappa shape index (κ1) is 15.0. The fourth-order valence-electron chi connectivity index (χ4n) is 2.09. The molecule has 1 aromatic rings. The van der Waals surface area contributed by atoms with Gasteiger partial charge in [0.1, 0.15) is 5.75 Å². The molecule has 1 unspecified atom stereocenters. The molecule has 18 heavy (non-hydrogen) atoms. The quantitative estimate of drug-likeness (QED) is 0.788. The Morgan fingerprint density at radius 2 is 1.72 bits per heavy atom. The molecule has 1 aromatic carbocycles. The summed E-state index contributed by atoms with van der Waals surface area (Å²) < 4.78 is 5.82. The minimum atomic E-state index is 0.222. The SMILES string of the molecule is CC(C)CC(C)NCc1ccccc1OC(C)C. The van der Waals surface area contributed by atoms with Gasteiger partial charge in [0.05, 0.1) is 6.10 Å². The molecule has 0 aliphatic rings. The molecular formula is C16H27NO. The lowest BCUT2D eigenvalue weighted by Gasteiger charge is -2.18. The summed E-state index contributed by atoms with van der Waals surface area (Å²) in [6, 6.07) is 8.81. The maximum absolute atomic E-state index is 5.82. The van der Waals surface area contributed by atoms with Crippen LogP contribution in [-0.4, -0.2) is 12.1 Å². The van der Waals surface area contributed by atoms with Crippen LogP contribution in [0.15, 0.2) is 24.3 Å². The molecule has 0 aliphatic heterocycles. The Bertz CT molecular complexity index is 347. The van der Waals surface area contributed by atoms with Crippen molar-refractivity contribution in [2.24, 2.45) is 5.92 Å². The second-order valence-corrected chi connectivity index (χ2v) is 5.69. The van der Waals surface area contributed by atoms with E-state index in [9.17, 15) is 0 Å². The fourth-order valence-corrected chi connectivity index (χ4v) is 2.09. The summed E-state index contributed by atoms with van der Waals surface area (Å²) in [6.45, 7) is 11.8. The number of hydrogen-bond acceptors (Lipinski definition) is 2. The second kappa shape index (κ2) is 7.42. The Hall–Kier alpha value is -1.02. The smallest absolute Gasteiger partial charge is 0.124 e. The first-order chi connectivity index (χ1) is 8.49. The van der Waals surface area contributed by atoms with Crippen LogP contribution in [0, 0.1) is 5.92 Å². The van der Waals surface area contributed by atoms with Crippen LogP contribution in [0.2, 0.25) is 0 Å². The predicted octanol–water partition coefficient (Wildman–Crippen LogP) is 4.00. The number of benzene rings is 1. The van der Waals surface area contributed by atoms with Gasteiger partial charge in [-0.25, -0.2) is 0 Å². The van der Waals surface area contributed by atoms with Gasteiger partial charge in [-0.15, -0.1) is 0 Å². The highest BCUT2D eigenvalue weighted by Crippen LogP contribution is 2.19. The number of hydrogen-bond donors (Lipinski definition) is 1. The van der Waals surface area contributed by atoms with E-state index in [1.54, 1.807) is 0 Å². The van der Waals surface area contributed by atoms with Gasteiger partial charge in [-0.05, 0) is 39.2 Å². The third-order valence-electron chi connectivity index (χ3n) is 2.80. The predicted molar refractivity (Wildman–Crippen MR) is 78.0 cm³/mol. The van der Waals surface area contributed by atoms with Gasteiger partial charge in [0.2, 0.25) is 0 Å². The van der Waals surface area contributed by atoms with Gasteiger partial charge in [0, 0.05) is 18.2 Å². The normalized spacial score (nSPS) is 13.1. The van der Waals surface area contributed by atoms with Gasteiger partial charge in [-0.1, -0.05) is 32.0 Å². The molecule has 0 heterocycles. The van der Waals surface area contributed by atoms with Crippen molar-refractivity contribution in [3.63, 3.8) is 0 Å². The molecule has 0 saturated heterocycles. The summed E-state index contributed by atoms with van der Waals surface area (Å²) >= 11 is 0. The van der Waals surface area contributed by atoms with E-state index in [2.05, 4.69) is 52.1 Å². The second-order valence-electron chi connectivity index (χ2n) is 5.69. The van der Waals surface area contributed by atoms with Crippen molar-refractivity contribution < 1.29 is 4.74 Å². The molecule has 1 rings (SSSR count). The van der Waals surface area contributed by atoms with Gasteiger partial charge in [-0.2, -0.15) is 0 Å². The van der Waals surface area contributed by atoms with Crippen molar-refractivity contribution >= 4 is 0 Å². The van der Waals surface area contributed by atoms with Crippen LogP contribution >= 0.6 is 0 Å². The molecule has 0 fully saturated rings. The molecule has 0 radical (unpaired) electrons. The van der Waals surface area contributed by atoms with Crippen molar-refractivity contribution in [3.05, 3.63) is 29.8 Å². The van der Waals surface area contributed by atoms with E-state index in [0.29, 0.717) is 6.04 Å². The van der Waals surface area contributed by atoms with Gasteiger partial charge in [-0.3, -0.25) is 0 Å². The topological polar surface area (TPSA) is 21.3 Å². The van der Waals surface area contributed by atoms with Gasteiger partial charge < -0.3 is 10.1 Å². The molecule has 1 atom stereocenters. The monoisotopic (exact) mass is 249 g/mol. The molecule has 1 N–H and O–H groups in total. The Kier molecular flexibility index (Phi) is 6.20. The highest BCUT2D eigenvalue weighted by Gasteiger charge is 2.08.